The minimum absolute atomic E-state index is 0.208. The van der Waals surface area contributed by atoms with E-state index in [1.54, 1.807) is 0 Å². The van der Waals surface area contributed by atoms with Crippen LogP contribution >= 0.6 is 0 Å². The maximum Gasteiger partial charge on any atom is 0.131 e. The molecule has 1 atom stereocenters. The molecule has 120 valence electrons. The van der Waals surface area contributed by atoms with E-state index in [4.69, 9.17) is 4.74 Å². The molecule has 0 aliphatic heterocycles. The zero-order valence-corrected chi connectivity index (χ0v) is 14.9. The second-order valence-electron chi connectivity index (χ2n) is 7.42. The van der Waals surface area contributed by atoms with Gasteiger partial charge < -0.3 is 4.74 Å². The first-order valence-electron chi connectivity index (χ1n) is 8.47. The summed E-state index contributed by atoms with van der Waals surface area (Å²) in [7, 11) is 0. The maximum atomic E-state index is 6.58. The number of ether oxygens (including phenoxy) is 1. The van der Waals surface area contributed by atoms with E-state index >= 15 is 0 Å². The van der Waals surface area contributed by atoms with Crippen LogP contribution in [-0.2, 0) is 0 Å². The third-order valence-corrected chi connectivity index (χ3v) is 4.90. The van der Waals surface area contributed by atoms with Crippen LogP contribution in [0.5, 0.6) is 5.75 Å². The normalized spacial score (nSPS) is 18.9. The van der Waals surface area contributed by atoms with Crippen LogP contribution in [0, 0.1) is 11.3 Å². The van der Waals surface area contributed by atoms with Crippen molar-refractivity contribution in [2.24, 2.45) is 11.3 Å². The minimum Gasteiger partial charge on any atom is -0.483 e. The van der Waals surface area contributed by atoms with Crippen LogP contribution in [0.1, 0.15) is 54.4 Å². The van der Waals surface area contributed by atoms with Gasteiger partial charge in [-0.1, -0.05) is 65.0 Å². The van der Waals surface area contributed by atoms with Crippen molar-refractivity contribution in [3.8, 4) is 5.75 Å². The zero-order valence-electron chi connectivity index (χ0n) is 14.9. The molecule has 1 heteroatoms. The number of rotatable bonds is 5. The summed E-state index contributed by atoms with van der Waals surface area (Å²) < 4.78 is 6.58. The van der Waals surface area contributed by atoms with Gasteiger partial charge >= 0.3 is 0 Å². The van der Waals surface area contributed by atoms with Gasteiger partial charge in [-0.3, -0.25) is 0 Å². The summed E-state index contributed by atoms with van der Waals surface area (Å²) in [6.07, 6.45) is 6.61. The molecule has 2 rings (SSSR count). The number of benzene rings is 1. The first-order chi connectivity index (χ1) is 10.3. The molecule has 0 N–H and O–H groups in total. The average Bonchev–Trinajstić information content (AvgIpc) is 2.88. The van der Waals surface area contributed by atoms with Crippen LogP contribution in [0.25, 0.3) is 0 Å². The standard InChI is InChI=1S/C21H30O/c1-7-21(8-2,22-17-12-10-9-11-13-17)19-16(3)14-15-18(19)20(4,5)6/h9-15,18H,7-8H2,1-6H3. The predicted molar refractivity (Wildman–Crippen MR) is 95.2 cm³/mol. The number of allylic oxidation sites excluding steroid dienone is 3. The maximum absolute atomic E-state index is 6.58. The Morgan fingerprint density at radius 3 is 2.09 bits per heavy atom. The lowest BCUT2D eigenvalue weighted by molar-refractivity contribution is 0.0796. The van der Waals surface area contributed by atoms with E-state index in [2.05, 4.69) is 65.8 Å². The monoisotopic (exact) mass is 298 g/mol. The highest BCUT2D eigenvalue weighted by Gasteiger charge is 2.43. The SMILES string of the molecule is CCC(CC)(Oc1ccccc1)C1=C(C)C=CC1C(C)(C)C. The van der Waals surface area contributed by atoms with E-state index in [0.29, 0.717) is 5.92 Å². The second kappa shape index (κ2) is 6.32. The Labute approximate surface area is 136 Å². The lowest BCUT2D eigenvalue weighted by atomic mass is 9.70. The molecule has 1 nitrogen and oxygen atoms in total. The van der Waals surface area contributed by atoms with Crippen LogP contribution in [0.15, 0.2) is 53.6 Å². The highest BCUT2D eigenvalue weighted by Crippen LogP contribution is 2.47. The Morgan fingerprint density at radius 2 is 1.59 bits per heavy atom. The number of hydrogen-bond donors (Lipinski definition) is 0. The quantitative estimate of drug-likeness (QED) is 0.631. The third kappa shape index (κ3) is 3.14. The van der Waals surface area contributed by atoms with Crippen molar-refractivity contribution in [2.75, 3.05) is 0 Å². The molecule has 1 aromatic rings. The molecule has 0 radical (unpaired) electrons. The number of para-hydroxylation sites is 1. The summed E-state index contributed by atoms with van der Waals surface area (Å²) >= 11 is 0. The van der Waals surface area contributed by atoms with Crippen LogP contribution in [0.3, 0.4) is 0 Å². The molecule has 1 aliphatic carbocycles. The molecule has 0 bridgehead atoms. The molecule has 0 aromatic heterocycles. The molecule has 0 spiro atoms. The lowest BCUT2D eigenvalue weighted by Crippen LogP contribution is -2.42. The van der Waals surface area contributed by atoms with Crippen molar-refractivity contribution in [1.29, 1.82) is 0 Å². The fourth-order valence-electron chi connectivity index (χ4n) is 3.58. The van der Waals surface area contributed by atoms with Crippen molar-refractivity contribution in [3.05, 3.63) is 53.6 Å². The van der Waals surface area contributed by atoms with Gasteiger partial charge in [0.05, 0.1) is 0 Å². The van der Waals surface area contributed by atoms with Gasteiger partial charge in [-0.05, 0) is 48.5 Å². The Hall–Kier alpha value is -1.50. The molecule has 1 aliphatic rings. The van der Waals surface area contributed by atoms with Gasteiger partial charge in [-0.25, -0.2) is 0 Å². The fraction of sp³-hybridized carbons (Fsp3) is 0.524. The molecule has 0 saturated heterocycles. The average molecular weight is 298 g/mol. The van der Waals surface area contributed by atoms with E-state index in [1.165, 1.54) is 11.1 Å². The van der Waals surface area contributed by atoms with Crippen LogP contribution < -0.4 is 4.74 Å². The number of hydrogen-bond acceptors (Lipinski definition) is 1. The summed E-state index contributed by atoms with van der Waals surface area (Å²) in [6.45, 7) is 13.7. The summed E-state index contributed by atoms with van der Waals surface area (Å²) in [4.78, 5) is 0. The van der Waals surface area contributed by atoms with Crippen LogP contribution in [-0.4, -0.2) is 5.60 Å². The van der Waals surface area contributed by atoms with E-state index < -0.39 is 0 Å². The van der Waals surface area contributed by atoms with Crippen molar-refractivity contribution < 1.29 is 4.74 Å². The Bertz CT molecular complexity index is 553. The summed E-state index contributed by atoms with van der Waals surface area (Å²) in [5, 5.41) is 0. The van der Waals surface area contributed by atoms with Gasteiger partial charge in [-0.2, -0.15) is 0 Å². The van der Waals surface area contributed by atoms with Gasteiger partial charge in [-0.15, -0.1) is 0 Å². The van der Waals surface area contributed by atoms with E-state index in [0.717, 1.165) is 18.6 Å². The smallest absolute Gasteiger partial charge is 0.131 e. The topological polar surface area (TPSA) is 9.23 Å². The lowest BCUT2D eigenvalue weighted by Gasteiger charge is -2.41. The van der Waals surface area contributed by atoms with Crippen molar-refractivity contribution in [3.63, 3.8) is 0 Å². The Kier molecular flexibility index (Phi) is 4.84. The first kappa shape index (κ1) is 16.9. The van der Waals surface area contributed by atoms with Crippen LogP contribution in [0.2, 0.25) is 0 Å². The van der Waals surface area contributed by atoms with Crippen molar-refractivity contribution in [2.45, 2.75) is 60.0 Å². The largest absolute Gasteiger partial charge is 0.483 e. The highest BCUT2D eigenvalue weighted by atomic mass is 16.5. The van der Waals surface area contributed by atoms with E-state index in [9.17, 15) is 0 Å². The van der Waals surface area contributed by atoms with Crippen molar-refractivity contribution >= 4 is 0 Å². The molecular weight excluding hydrogens is 268 g/mol. The van der Waals surface area contributed by atoms with Crippen molar-refractivity contribution in [1.82, 2.24) is 0 Å². The highest BCUT2D eigenvalue weighted by molar-refractivity contribution is 5.43. The van der Waals surface area contributed by atoms with Gasteiger partial charge in [0.1, 0.15) is 11.4 Å². The van der Waals surface area contributed by atoms with Gasteiger partial charge in [0.25, 0.3) is 0 Å². The first-order valence-corrected chi connectivity index (χ1v) is 8.47. The van der Waals surface area contributed by atoms with E-state index in [-0.39, 0.29) is 11.0 Å². The minimum atomic E-state index is -0.215. The predicted octanol–water partition coefficient (Wildman–Crippen LogP) is 6.17. The zero-order chi connectivity index (χ0) is 16.4. The molecule has 22 heavy (non-hydrogen) atoms. The van der Waals surface area contributed by atoms with Gasteiger partial charge in [0, 0.05) is 5.92 Å². The second-order valence-corrected chi connectivity index (χ2v) is 7.42. The Morgan fingerprint density at radius 1 is 1.00 bits per heavy atom. The molecule has 1 unspecified atom stereocenters. The summed E-state index contributed by atoms with van der Waals surface area (Å²) in [6, 6.07) is 10.2. The molecular formula is C21H30O. The van der Waals surface area contributed by atoms with Crippen LogP contribution in [0.4, 0.5) is 0 Å². The molecule has 0 fully saturated rings. The summed E-state index contributed by atoms with van der Waals surface area (Å²) in [5.41, 5.74) is 2.83. The van der Waals surface area contributed by atoms with Gasteiger partial charge in [0.2, 0.25) is 0 Å². The molecule has 0 amide bonds. The third-order valence-electron chi connectivity index (χ3n) is 4.90. The fourth-order valence-corrected chi connectivity index (χ4v) is 3.58. The Balaban J connectivity index is 2.44. The molecule has 1 aromatic carbocycles. The molecule has 0 heterocycles. The summed E-state index contributed by atoms with van der Waals surface area (Å²) in [5.74, 6) is 1.40. The molecule has 0 saturated carbocycles. The van der Waals surface area contributed by atoms with Gasteiger partial charge in [0.15, 0.2) is 0 Å². The van der Waals surface area contributed by atoms with E-state index in [1.807, 2.05) is 18.2 Å².